The number of carbonyl (C=O) groups is 1. The van der Waals surface area contributed by atoms with Gasteiger partial charge in [0.1, 0.15) is 13.2 Å². The summed E-state index contributed by atoms with van der Waals surface area (Å²) in [6, 6.07) is -0.848. The van der Waals surface area contributed by atoms with Crippen LogP contribution in [-0.4, -0.2) is 73.4 Å². The smallest absolute Gasteiger partial charge is 0.387 e. The molecule has 8 nitrogen and oxygen atoms in total. The Bertz CT molecular complexity index is 1360. The Balaban J connectivity index is 4.06. The van der Waals surface area contributed by atoms with E-state index in [2.05, 4.69) is 43.5 Å². The molecule has 0 saturated carbocycles. The molecule has 3 atom stereocenters. The lowest BCUT2D eigenvalue weighted by Gasteiger charge is -2.25. The number of unbranched alkanes of at least 4 members (excludes halogenated alkanes) is 47. The van der Waals surface area contributed by atoms with E-state index in [-0.39, 0.29) is 19.1 Å². The zero-order valence-electron chi connectivity index (χ0n) is 52.9. The Hall–Kier alpha value is -1.28. The third-order valence-electron chi connectivity index (χ3n) is 15.9. The van der Waals surface area contributed by atoms with E-state index >= 15 is 0 Å². The number of rotatable bonds is 64. The van der Waals surface area contributed by atoms with Crippen LogP contribution in [0.3, 0.4) is 0 Å². The lowest BCUT2D eigenvalue weighted by molar-refractivity contribution is -0.870. The molecular formula is C69H136N2O6P+. The van der Waals surface area contributed by atoms with E-state index in [4.69, 9.17) is 9.05 Å². The molecular weight excluding hydrogens is 984 g/mol. The van der Waals surface area contributed by atoms with Gasteiger partial charge in [0, 0.05) is 6.42 Å². The molecule has 78 heavy (non-hydrogen) atoms. The van der Waals surface area contributed by atoms with Crippen LogP contribution < -0.4 is 5.32 Å². The number of quaternary nitrogens is 1. The Labute approximate surface area is 487 Å². The minimum Gasteiger partial charge on any atom is -0.387 e. The summed E-state index contributed by atoms with van der Waals surface area (Å²) in [4.78, 5) is 23.4. The van der Waals surface area contributed by atoms with E-state index in [1.54, 1.807) is 6.08 Å². The van der Waals surface area contributed by atoms with Crippen LogP contribution >= 0.6 is 7.82 Å². The van der Waals surface area contributed by atoms with Crippen molar-refractivity contribution in [3.63, 3.8) is 0 Å². The number of nitrogens with zero attached hydrogens (tertiary/aromatic N) is 1. The molecule has 3 N–H and O–H groups in total. The number of phosphoric acid groups is 1. The third-order valence-corrected chi connectivity index (χ3v) is 16.8. The zero-order valence-corrected chi connectivity index (χ0v) is 53.8. The second kappa shape index (κ2) is 60.3. The molecule has 0 radical (unpaired) electrons. The van der Waals surface area contributed by atoms with Gasteiger partial charge >= 0.3 is 7.82 Å². The number of likely N-dealkylation sites (N-methyl/N-ethyl adjacent to an activating group) is 1. The summed E-state index contributed by atoms with van der Waals surface area (Å²) < 4.78 is 23.8. The van der Waals surface area contributed by atoms with Crippen molar-refractivity contribution >= 4 is 13.7 Å². The van der Waals surface area contributed by atoms with Gasteiger partial charge in [0.25, 0.3) is 0 Å². The maximum absolute atomic E-state index is 13.0. The highest BCUT2D eigenvalue weighted by atomic mass is 31.2. The molecule has 0 aliphatic rings. The van der Waals surface area contributed by atoms with Crippen LogP contribution in [0.4, 0.5) is 0 Å². The highest BCUT2D eigenvalue weighted by molar-refractivity contribution is 7.47. The number of carbonyl (C=O) groups excluding carboxylic acids is 1. The maximum Gasteiger partial charge on any atom is 0.472 e. The van der Waals surface area contributed by atoms with Crippen molar-refractivity contribution in [2.45, 2.75) is 360 Å². The van der Waals surface area contributed by atoms with Crippen LogP contribution in [0.15, 0.2) is 36.5 Å². The SMILES string of the molecule is CCCCCCC/C=C\C/C=C\CCCCCCCCCCCCCCCC(=O)NC(COP(=O)(O)OCC[N+](C)(C)C)C(O)/C=C/CCCCCCCCCCCCCCCCCCCCCCCCCCCCCCC. The minimum absolute atomic E-state index is 0.0625. The van der Waals surface area contributed by atoms with Gasteiger partial charge in [-0.3, -0.25) is 13.8 Å². The van der Waals surface area contributed by atoms with E-state index in [0.717, 1.165) is 44.9 Å². The number of aliphatic hydroxyl groups is 1. The first-order valence-corrected chi connectivity index (χ1v) is 35.9. The Morgan fingerprint density at radius 3 is 1.05 bits per heavy atom. The van der Waals surface area contributed by atoms with Crippen LogP contribution in [0.2, 0.25) is 0 Å². The first kappa shape index (κ1) is 76.7. The van der Waals surface area contributed by atoms with Gasteiger partial charge < -0.3 is 19.8 Å². The molecule has 0 aromatic heterocycles. The van der Waals surface area contributed by atoms with Crippen molar-refractivity contribution in [1.82, 2.24) is 5.32 Å². The van der Waals surface area contributed by atoms with Crippen molar-refractivity contribution in [2.24, 2.45) is 0 Å². The molecule has 0 saturated heterocycles. The van der Waals surface area contributed by atoms with Crippen molar-refractivity contribution in [3.05, 3.63) is 36.5 Å². The minimum atomic E-state index is -4.35. The number of allylic oxidation sites excluding steroid dienone is 5. The van der Waals surface area contributed by atoms with Gasteiger partial charge in [0.2, 0.25) is 5.91 Å². The standard InChI is InChI=1S/C69H135N2O6P/c1-6-8-10-12-14-16-18-20-22-24-26-28-30-32-33-34-35-36-37-39-40-42-44-46-48-50-52-54-56-58-60-62-68(72)67(66-77-78(74,75)76-65-64-71(3,4)5)70-69(73)63-61-59-57-55-53-51-49-47-45-43-41-38-31-29-27-25-23-21-19-17-15-13-11-9-7-2/h19,21,25,27,60,62,67-68,72H,6-18,20,22-24,26,28-59,61,63-66H2,1-5H3,(H-,70,73,74,75)/p+1/b21-19-,27-25-,62-60+. The molecule has 0 aliphatic carbocycles. The largest absolute Gasteiger partial charge is 0.472 e. The van der Waals surface area contributed by atoms with Crippen LogP contribution in [0.5, 0.6) is 0 Å². The molecule has 0 aromatic carbocycles. The maximum atomic E-state index is 13.0. The van der Waals surface area contributed by atoms with Gasteiger partial charge in [0.05, 0.1) is 39.9 Å². The summed E-state index contributed by atoms with van der Waals surface area (Å²) in [5.74, 6) is -0.173. The zero-order chi connectivity index (χ0) is 57.0. The van der Waals surface area contributed by atoms with E-state index in [0.29, 0.717) is 17.4 Å². The van der Waals surface area contributed by atoms with E-state index in [1.165, 1.54) is 283 Å². The summed E-state index contributed by atoms with van der Waals surface area (Å²) in [5.41, 5.74) is 0. The van der Waals surface area contributed by atoms with E-state index in [9.17, 15) is 19.4 Å². The quantitative estimate of drug-likeness (QED) is 0.0243. The van der Waals surface area contributed by atoms with Crippen LogP contribution in [0, 0.1) is 0 Å². The fourth-order valence-corrected chi connectivity index (χ4v) is 11.2. The molecule has 0 heterocycles. The predicted octanol–water partition coefficient (Wildman–Crippen LogP) is 21.7. The lowest BCUT2D eigenvalue weighted by Crippen LogP contribution is -2.45. The van der Waals surface area contributed by atoms with Gasteiger partial charge in [-0.2, -0.15) is 0 Å². The second-order valence-electron chi connectivity index (χ2n) is 24.9. The van der Waals surface area contributed by atoms with Crippen LogP contribution in [-0.2, 0) is 18.4 Å². The fourth-order valence-electron chi connectivity index (χ4n) is 10.5. The molecule has 0 bridgehead atoms. The highest BCUT2D eigenvalue weighted by Crippen LogP contribution is 2.43. The van der Waals surface area contributed by atoms with Crippen molar-refractivity contribution < 1.29 is 32.9 Å². The Morgan fingerprint density at radius 1 is 0.436 bits per heavy atom. The number of hydrogen-bond donors (Lipinski definition) is 3. The summed E-state index contributed by atoms with van der Waals surface area (Å²) in [5, 5.41) is 14.0. The average molecular weight is 1120 g/mol. The average Bonchev–Trinajstić information content (AvgIpc) is 3.41. The fraction of sp³-hybridized carbons (Fsp3) is 0.899. The normalized spacial score (nSPS) is 13.9. The number of aliphatic hydroxyl groups excluding tert-OH is 1. The van der Waals surface area contributed by atoms with Crippen molar-refractivity contribution in [3.8, 4) is 0 Å². The summed E-state index contributed by atoms with van der Waals surface area (Å²) >= 11 is 0. The molecule has 462 valence electrons. The number of phosphoric ester groups is 1. The first-order valence-electron chi connectivity index (χ1n) is 34.4. The van der Waals surface area contributed by atoms with Gasteiger partial charge in [-0.1, -0.05) is 326 Å². The summed E-state index contributed by atoms with van der Waals surface area (Å²) in [6.07, 6.45) is 80.0. The molecule has 0 rings (SSSR count). The van der Waals surface area contributed by atoms with Gasteiger partial charge in [-0.25, -0.2) is 4.57 Å². The Kier molecular flexibility index (Phi) is 59.3. The molecule has 1 amide bonds. The van der Waals surface area contributed by atoms with Gasteiger partial charge in [-0.15, -0.1) is 0 Å². The van der Waals surface area contributed by atoms with E-state index < -0.39 is 20.0 Å². The molecule has 0 aromatic rings. The summed E-state index contributed by atoms with van der Waals surface area (Å²) in [6.45, 7) is 4.86. The van der Waals surface area contributed by atoms with Gasteiger partial charge in [-0.05, 0) is 51.4 Å². The monoisotopic (exact) mass is 1120 g/mol. The van der Waals surface area contributed by atoms with Gasteiger partial charge in [0.15, 0.2) is 0 Å². The van der Waals surface area contributed by atoms with Crippen LogP contribution in [0.1, 0.15) is 348 Å². The topological polar surface area (TPSA) is 105 Å². The highest BCUT2D eigenvalue weighted by Gasteiger charge is 2.28. The molecule has 0 spiro atoms. The second-order valence-corrected chi connectivity index (χ2v) is 26.4. The first-order chi connectivity index (χ1) is 38.0. The van der Waals surface area contributed by atoms with Crippen molar-refractivity contribution in [2.75, 3.05) is 40.9 Å². The predicted molar refractivity (Wildman–Crippen MR) is 341 cm³/mol. The van der Waals surface area contributed by atoms with Crippen LogP contribution in [0.25, 0.3) is 0 Å². The molecule has 0 fully saturated rings. The molecule has 0 aliphatic heterocycles. The Morgan fingerprint density at radius 2 is 0.731 bits per heavy atom. The number of hydrogen-bond acceptors (Lipinski definition) is 5. The third kappa shape index (κ3) is 62.3. The molecule has 3 unspecified atom stereocenters. The lowest BCUT2D eigenvalue weighted by atomic mass is 10.0. The number of nitrogens with one attached hydrogen (secondary N) is 1. The molecule has 9 heteroatoms. The summed E-state index contributed by atoms with van der Waals surface area (Å²) in [7, 11) is 1.59. The van der Waals surface area contributed by atoms with E-state index in [1.807, 2.05) is 27.2 Å². The number of amides is 1. The van der Waals surface area contributed by atoms with Crippen molar-refractivity contribution in [1.29, 1.82) is 0 Å².